The van der Waals surface area contributed by atoms with Gasteiger partial charge in [-0.2, -0.15) is 0 Å². The Hall–Kier alpha value is -2.75. The number of carbonyl (C=O) groups excluding carboxylic acids is 1. The fourth-order valence-electron chi connectivity index (χ4n) is 2.66. The lowest BCUT2D eigenvalue weighted by Crippen LogP contribution is -2.36. The SMILES string of the molecule is CCC(C)N(Cc1ccccc1)C(=O)/C=C/c1ccc(OC)cc1OC. The molecule has 0 saturated heterocycles. The third kappa shape index (κ3) is 5.12. The standard InChI is InChI=1S/C22H27NO3/c1-5-17(2)23(16-18-9-7-6-8-10-18)22(24)14-12-19-11-13-20(25-3)15-21(19)26-4/h6-15,17H,5,16H2,1-4H3/b14-12+. The number of carbonyl (C=O) groups is 1. The fraction of sp³-hybridized carbons (Fsp3) is 0.318. The van der Waals surface area contributed by atoms with Crippen molar-refractivity contribution >= 4 is 12.0 Å². The molecule has 4 nitrogen and oxygen atoms in total. The van der Waals surface area contributed by atoms with Gasteiger partial charge >= 0.3 is 0 Å². The molecule has 4 heteroatoms. The smallest absolute Gasteiger partial charge is 0.247 e. The summed E-state index contributed by atoms with van der Waals surface area (Å²) < 4.78 is 10.6. The van der Waals surface area contributed by atoms with E-state index in [4.69, 9.17) is 9.47 Å². The second-order valence-corrected chi connectivity index (χ2v) is 6.15. The Labute approximate surface area is 156 Å². The minimum Gasteiger partial charge on any atom is -0.497 e. The molecule has 2 rings (SSSR count). The van der Waals surface area contributed by atoms with Crippen molar-refractivity contribution in [2.24, 2.45) is 0 Å². The Balaban J connectivity index is 2.19. The number of hydrogen-bond donors (Lipinski definition) is 0. The van der Waals surface area contributed by atoms with E-state index >= 15 is 0 Å². The summed E-state index contributed by atoms with van der Waals surface area (Å²) in [6.45, 7) is 4.76. The molecule has 0 N–H and O–H groups in total. The van der Waals surface area contributed by atoms with E-state index in [0.717, 1.165) is 23.3 Å². The molecule has 0 fully saturated rings. The fourth-order valence-corrected chi connectivity index (χ4v) is 2.66. The molecule has 1 atom stereocenters. The van der Waals surface area contributed by atoms with Crippen molar-refractivity contribution in [3.05, 3.63) is 65.7 Å². The lowest BCUT2D eigenvalue weighted by Gasteiger charge is -2.27. The van der Waals surface area contributed by atoms with Gasteiger partial charge in [0.1, 0.15) is 11.5 Å². The summed E-state index contributed by atoms with van der Waals surface area (Å²) >= 11 is 0. The van der Waals surface area contributed by atoms with Crippen LogP contribution in [-0.4, -0.2) is 31.1 Å². The van der Waals surface area contributed by atoms with Crippen LogP contribution in [0.5, 0.6) is 11.5 Å². The first kappa shape index (κ1) is 19.6. The van der Waals surface area contributed by atoms with Crippen molar-refractivity contribution in [1.82, 2.24) is 4.90 Å². The van der Waals surface area contributed by atoms with Crippen LogP contribution in [0.2, 0.25) is 0 Å². The van der Waals surface area contributed by atoms with Crippen LogP contribution in [0, 0.1) is 0 Å². The van der Waals surface area contributed by atoms with Crippen LogP contribution < -0.4 is 9.47 Å². The molecule has 0 spiro atoms. The highest BCUT2D eigenvalue weighted by molar-refractivity contribution is 5.92. The number of nitrogens with zero attached hydrogens (tertiary/aromatic N) is 1. The second kappa shape index (κ2) is 9.66. The Morgan fingerprint density at radius 2 is 1.85 bits per heavy atom. The molecule has 0 aliphatic rings. The molecule has 0 aromatic heterocycles. The van der Waals surface area contributed by atoms with Crippen molar-refractivity contribution in [1.29, 1.82) is 0 Å². The third-order valence-corrected chi connectivity index (χ3v) is 4.45. The Bertz CT molecular complexity index is 740. The predicted octanol–water partition coefficient (Wildman–Crippen LogP) is 4.54. The molecule has 0 heterocycles. The van der Waals surface area contributed by atoms with Gasteiger partial charge in [0.05, 0.1) is 14.2 Å². The van der Waals surface area contributed by atoms with E-state index in [9.17, 15) is 4.79 Å². The van der Waals surface area contributed by atoms with E-state index in [2.05, 4.69) is 13.8 Å². The summed E-state index contributed by atoms with van der Waals surface area (Å²) in [7, 11) is 3.22. The topological polar surface area (TPSA) is 38.8 Å². The van der Waals surface area contributed by atoms with Crippen LogP contribution in [0.1, 0.15) is 31.4 Å². The zero-order valence-corrected chi connectivity index (χ0v) is 15.9. The molecule has 0 radical (unpaired) electrons. The first-order valence-corrected chi connectivity index (χ1v) is 8.83. The number of ether oxygens (including phenoxy) is 2. The van der Waals surface area contributed by atoms with Gasteiger partial charge in [-0.15, -0.1) is 0 Å². The molecule has 1 amide bonds. The van der Waals surface area contributed by atoms with E-state index in [1.807, 2.05) is 47.4 Å². The predicted molar refractivity (Wildman–Crippen MR) is 105 cm³/mol. The molecule has 0 saturated carbocycles. The lowest BCUT2D eigenvalue weighted by molar-refractivity contribution is -0.128. The summed E-state index contributed by atoms with van der Waals surface area (Å²) in [6.07, 6.45) is 4.30. The van der Waals surface area contributed by atoms with Crippen molar-refractivity contribution in [2.75, 3.05) is 14.2 Å². The Kier molecular flexibility index (Phi) is 7.27. The average molecular weight is 353 g/mol. The molecule has 2 aromatic carbocycles. The number of hydrogen-bond acceptors (Lipinski definition) is 3. The van der Waals surface area contributed by atoms with Gasteiger partial charge < -0.3 is 14.4 Å². The number of rotatable bonds is 8. The monoisotopic (exact) mass is 353 g/mol. The molecule has 1 unspecified atom stereocenters. The molecule has 0 aliphatic carbocycles. The Morgan fingerprint density at radius 1 is 1.12 bits per heavy atom. The van der Waals surface area contributed by atoms with Crippen molar-refractivity contribution in [2.45, 2.75) is 32.9 Å². The molecular formula is C22H27NO3. The van der Waals surface area contributed by atoms with Crippen LogP contribution in [0.25, 0.3) is 6.08 Å². The number of benzene rings is 2. The van der Waals surface area contributed by atoms with Gasteiger partial charge in [0.25, 0.3) is 0 Å². The maximum absolute atomic E-state index is 12.8. The maximum Gasteiger partial charge on any atom is 0.247 e. The van der Waals surface area contributed by atoms with Crippen molar-refractivity contribution < 1.29 is 14.3 Å². The number of amides is 1. The van der Waals surface area contributed by atoms with Gasteiger partial charge in [-0.25, -0.2) is 0 Å². The molecular weight excluding hydrogens is 326 g/mol. The number of methoxy groups -OCH3 is 2. The van der Waals surface area contributed by atoms with Gasteiger partial charge in [0, 0.05) is 30.3 Å². The summed E-state index contributed by atoms with van der Waals surface area (Å²) in [5, 5.41) is 0. The zero-order chi connectivity index (χ0) is 18.9. The summed E-state index contributed by atoms with van der Waals surface area (Å²) in [4.78, 5) is 14.7. The quantitative estimate of drug-likeness (QED) is 0.654. The van der Waals surface area contributed by atoms with Gasteiger partial charge in [-0.3, -0.25) is 4.79 Å². The van der Waals surface area contributed by atoms with E-state index in [-0.39, 0.29) is 11.9 Å². The van der Waals surface area contributed by atoms with Gasteiger partial charge in [0.15, 0.2) is 0 Å². The molecule has 0 aliphatic heterocycles. The minimum absolute atomic E-state index is 0.0129. The average Bonchev–Trinajstić information content (AvgIpc) is 2.70. The highest BCUT2D eigenvalue weighted by Crippen LogP contribution is 2.25. The summed E-state index contributed by atoms with van der Waals surface area (Å²) in [5.74, 6) is 1.38. The van der Waals surface area contributed by atoms with E-state index < -0.39 is 0 Å². The first-order chi connectivity index (χ1) is 12.6. The van der Waals surface area contributed by atoms with E-state index in [0.29, 0.717) is 12.3 Å². The van der Waals surface area contributed by atoms with Crippen LogP contribution >= 0.6 is 0 Å². The summed E-state index contributed by atoms with van der Waals surface area (Å²) in [6, 6.07) is 15.7. The van der Waals surface area contributed by atoms with Crippen LogP contribution in [0.3, 0.4) is 0 Å². The second-order valence-electron chi connectivity index (χ2n) is 6.15. The molecule has 2 aromatic rings. The normalized spacial score (nSPS) is 12.0. The van der Waals surface area contributed by atoms with Gasteiger partial charge in [0.2, 0.25) is 5.91 Å². The Morgan fingerprint density at radius 3 is 2.46 bits per heavy atom. The molecule has 26 heavy (non-hydrogen) atoms. The molecule has 138 valence electrons. The van der Waals surface area contributed by atoms with Crippen LogP contribution in [-0.2, 0) is 11.3 Å². The van der Waals surface area contributed by atoms with E-state index in [1.54, 1.807) is 32.4 Å². The van der Waals surface area contributed by atoms with Gasteiger partial charge in [-0.1, -0.05) is 37.3 Å². The molecule has 0 bridgehead atoms. The maximum atomic E-state index is 12.8. The minimum atomic E-state index is -0.0129. The highest BCUT2D eigenvalue weighted by Gasteiger charge is 2.17. The highest BCUT2D eigenvalue weighted by atomic mass is 16.5. The third-order valence-electron chi connectivity index (χ3n) is 4.45. The van der Waals surface area contributed by atoms with E-state index in [1.165, 1.54) is 0 Å². The lowest BCUT2D eigenvalue weighted by atomic mass is 10.1. The van der Waals surface area contributed by atoms with Crippen molar-refractivity contribution in [3.8, 4) is 11.5 Å². The van der Waals surface area contributed by atoms with Crippen LogP contribution in [0.15, 0.2) is 54.6 Å². The van der Waals surface area contributed by atoms with Crippen LogP contribution in [0.4, 0.5) is 0 Å². The summed E-state index contributed by atoms with van der Waals surface area (Å²) in [5.41, 5.74) is 1.96. The first-order valence-electron chi connectivity index (χ1n) is 8.83. The van der Waals surface area contributed by atoms with Crippen molar-refractivity contribution in [3.63, 3.8) is 0 Å². The largest absolute Gasteiger partial charge is 0.497 e. The zero-order valence-electron chi connectivity index (χ0n) is 15.9. The van der Waals surface area contributed by atoms with Gasteiger partial charge in [-0.05, 0) is 37.1 Å².